The van der Waals surface area contributed by atoms with Crippen molar-refractivity contribution in [1.29, 1.82) is 0 Å². The van der Waals surface area contributed by atoms with Gasteiger partial charge in [0.15, 0.2) is 0 Å². The van der Waals surface area contributed by atoms with Gasteiger partial charge in [0.05, 0.1) is 0 Å². The first-order valence-corrected chi connectivity index (χ1v) is 5.96. The summed E-state index contributed by atoms with van der Waals surface area (Å²) in [4.78, 5) is 0. The molecule has 1 unspecified atom stereocenters. The highest BCUT2D eigenvalue weighted by molar-refractivity contribution is 6.56. The third kappa shape index (κ3) is 2.09. The first-order valence-electron chi connectivity index (χ1n) is 3.79. The molecule has 1 aliphatic rings. The van der Waals surface area contributed by atoms with Crippen molar-refractivity contribution in [1.82, 2.24) is 0 Å². The Balaban J connectivity index is 2.23. The number of rotatable bonds is 1. The Morgan fingerprint density at radius 1 is 1.22 bits per heavy atom. The van der Waals surface area contributed by atoms with Gasteiger partial charge in [0.2, 0.25) is 9.13 Å². The Kier molecular flexibility index (Phi) is 2.70. The monoisotopic (exact) mass is 145 g/mol. The fourth-order valence-electron chi connectivity index (χ4n) is 1.40. The smallest absolute Gasteiger partial charge is 0.235 e. The molecule has 0 aromatic carbocycles. The Morgan fingerprint density at radius 3 is 2.11 bits per heavy atom. The molecule has 0 saturated heterocycles. The molecule has 53 valence electrons. The van der Waals surface area contributed by atoms with Crippen molar-refractivity contribution < 1.29 is 4.11 Å². The van der Waals surface area contributed by atoms with Crippen LogP contribution in [0.2, 0.25) is 6.55 Å². The molecule has 0 N–H and O–H groups in total. The molecule has 1 aliphatic carbocycles. The molecule has 1 rings (SSSR count). The summed E-state index contributed by atoms with van der Waals surface area (Å²) >= 11 is 0. The lowest BCUT2D eigenvalue weighted by Crippen LogP contribution is -2.17. The Hall–Kier alpha value is 0.147. The summed E-state index contributed by atoms with van der Waals surface area (Å²) in [7, 11) is -1.84. The van der Waals surface area contributed by atoms with E-state index < -0.39 is 9.13 Å². The van der Waals surface area contributed by atoms with Gasteiger partial charge in [-0.2, -0.15) is 0 Å². The maximum Gasteiger partial charge on any atom is 0.235 e. The van der Waals surface area contributed by atoms with Crippen molar-refractivity contribution in [2.24, 2.45) is 0 Å². The fraction of sp³-hybridized carbons (Fsp3) is 0.857. The Bertz CT molecular complexity index is 77.0. The summed E-state index contributed by atoms with van der Waals surface area (Å²) in [5.74, 6) is 0. The van der Waals surface area contributed by atoms with Crippen molar-refractivity contribution in [2.75, 3.05) is 0 Å². The van der Waals surface area contributed by atoms with Gasteiger partial charge in [0.1, 0.15) is 0 Å². The van der Waals surface area contributed by atoms with Crippen LogP contribution in [-0.4, -0.2) is 9.13 Å². The maximum atomic E-state index is 12.7. The van der Waals surface area contributed by atoms with Gasteiger partial charge in [0, 0.05) is 0 Å². The molecule has 1 saturated carbocycles. The Labute approximate surface area is 58.2 Å². The average Bonchev–Trinajstić information content (AvgIpc) is 1.90. The minimum Gasteiger partial charge on any atom is -0.318 e. The highest BCUT2D eigenvalue weighted by Crippen LogP contribution is 2.27. The molecular formula is C7H14FSi. The van der Waals surface area contributed by atoms with Crippen LogP contribution in [0.25, 0.3) is 0 Å². The van der Waals surface area contributed by atoms with Crippen LogP contribution in [-0.2, 0) is 0 Å². The van der Waals surface area contributed by atoms with Crippen LogP contribution in [0.3, 0.4) is 0 Å². The molecule has 1 radical (unpaired) electrons. The highest BCUT2D eigenvalue weighted by atomic mass is 28.3. The van der Waals surface area contributed by atoms with E-state index in [1.165, 1.54) is 24.8 Å². The second-order valence-corrected chi connectivity index (χ2v) is 4.88. The molecule has 1 atom stereocenters. The lowest BCUT2D eigenvalue weighted by Gasteiger charge is -2.20. The first-order chi connectivity index (χ1) is 4.30. The van der Waals surface area contributed by atoms with E-state index in [0.29, 0.717) is 0 Å². The summed E-state index contributed by atoms with van der Waals surface area (Å²) in [5, 5.41) is 0. The molecule has 0 spiro atoms. The normalized spacial score (nSPS) is 26.0. The molecule has 9 heavy (non-hydrogen) atoms. The fourth-order valence-corrected chi connectivity index (χ4v) is 2.61. The van der Waals surface area contributed by atoms with Gasteiger partial charge < -0.3 is 4.11 Å². The zero-order valence-electron chi connectivity index (χ0n) is 5.99. The van der Waals surface area contributed by atoms with Gasteiger partial charge in [-0.15, -0.1) is 0 Å². The zero-order chi connectivity index (χ0) is 6.69. The molecule has 1 fully saturated rings. The van der Waals surface area contributed by atoms with Crippen LogP contribution in [0.5, 0.6) is 0 Å². The average molecular weight is 145 g/mol. The lowest BCUT2D eigenvalue weighted by molar-refractivity contribution is 0.559. The van der Waals surface area contributed by atoms with Crippen molar-refractivity contribution in [3.05, 3.63) is 5.54 Å². The topological polar surface area (TPSA) is 0 Å². The number of hydrogen-bond acceptors (Lipinski definition) is 0. The molecule has 0 amide bonds. The summed E-state index contributed by atoms with van der Waals surface area (Å²) in [6.07, 6.45) is 6.02. The molecule has 0 aliphatic heterocycles. The van der Waals surface area contributed by atoms with Crippen LogP contribution in [0.1, 0.15) is 32.1 Å². The second kappa shape index (κ2) is 3.35. The van der Waals surface area contributed by atoms with Gasteiger partial charge in [-0.1, -0.05) is 19.3 Å². The van der Waals surface area contributed by atoms with Crippen LogP contribution in [0.4, 0.5) is 4.11 Å². The third-order valence-electron chi connectivity index (χ3n) is 2.06. The minimum absolute atomic E-state index is 1.10. The van der Waals surface area contributed by atoms with Gasteiger partial charge in [-0.3, -0.25) is 0 Å². The molecule has 0 aromatic rings. The SMILES string of the molecule is C[SiH](F)[C]1CCCCC1. The van der Waals surface area contributed by atoms with Crippen LogP contribution >= 0.6 is 0 Å². The molecule has 0 aromatic heterocycles. The first kappa shape index (κ1) is 7.26. The predicted molar refractivity (Wildman–Crippen MR) is 40.4 cm³/mol. The van der Waals surface area contributed by atoms with Gasteiger partial charge >= 0.3 is 0 Å². The molecule has 2 heteroatoms. The van der Waals surface area contributed by atoms with Crippen LogP contribution < -0.4 is 0 Å². The van der Waals surface area contributed by atoms with E-state index in [4.69, 9.17) is 0 Å². The second-order valence-electron chi connectivity index (χ2n) is 2.83. The summed E-state index contributed by atoms with van der Waals surface area (Å²) in [6, 6.07) is 0. The molecule has 0 heterocycles. The lowest BCUT2D eigenvalue weighted by atomic mass is 10.0. The van der Waals surface area contributed by atoms with E-state index in [-0.39, 0.29) is 0 Å². The van der Waals surface area contributed by atoms with E-state index >= 15 is 0 Å². The molecular weight excluding hydrogens is 131 g/mol. The number of hydrogen-bond donors (Lipinski definition) is 0. The van der Waals surface area contributed by atoms with Crippen LogP contribution in [0.15, 0.2) is 0 Å². The number of halogens is 1. The predicted octanol–water partition coefficient (Wildman–Crippen LogP) is 2.39. The van der Waals surface area contributed by atoms with Gasteiger partial charge in [-0.05, 0) is 24.9 Å². The van der Waals surface area contributed by atoms with Crippen molar-refractivity contribution >= 4 is 9.13 Å². The summed E-state index contributed by atoms with van der Waals surface area (Å²) in [6.45, 7) is 1.79. The standard InChI is InChI=1S/C7H14FSi/c1-9(8)7-5-3-2-4-6-7/h9H,2-6H2,1H3. The molecule has 0 bridgehead atoms. The highest BCUT2D eigenvalue weighted by Gasteiger charge is 2.21. The van der Waals surface area contributed by atoms with Gasteiger partial charge in [-0.25, -0.2) is 0 Å². The van der Waals surface area contributed by atoms with E-state index in [0.717, 1.165) is 12.8 Å². The van der Waals surface area contributed by atoms with Crippen molar-refractivity contribution in [2.45, 2.75) is 38.7 Å². The quantitative estimate of drug-likeness (QED) is 0.392. The summed E-state index contributed by atoms with van der Waals surface area (Å²) in [5.41, 5.74) is 1.28. The zero-order valence-corrected chi connectivity index (χ0v) is 7.15. The maximum absolute atomic E-state index is 12.7. The largest absolute Gasteiger partial charge is 0.318 e. The van der Waals surface area contributed by atoms with E-state index in [1.807, 2.05) is 0 Å². The molecule has 0 nitrogen and oxygen atoms in total. The van der Waals surface area contributed by atoms with Crippen molar-refractivity contribution in [3.8, 4) is 0 Å². The van der Waals surface area contributed by atoms with Crippen LogP contribution in [0, 0.1) is 5.54 Å². The minimum atomic E-state index is -1.84. The van der Waals surface area contributed by atoms with Crippen molar-refractivity contribution in [3.63, 3.8) is 0 Å². The third-order valence-corrected chi connectivity index (χ3v) is 3.76. The summed E-state index contributed by atoms with van der Waals surface area (Å²) < 4.78 is 12.7. The van der Waals surface area contributed by atoms with Gasteiger partial charge in [0.25, 0.3) is 0 Å². The van der Waals surface area contributed by atoms with E-state index in [2.05, 4.69) is 0 Å². The Morgan fingerprint density at radius 2 is 1.78 bits per heavy atom. The van der Waals surface area contributed by atoms with E-state index in [9.17, 15) is 4.11 Å². The van der Waals surface area contributed by atoms with E-state index in [1.54, 1.807) is 6.55 Å².